The molecule has 0 spiro atoms. The number of fused-ring (bicyclic) bond motifs is 2. The number of rotatable bonds is 4. The van der Waals surface area contributed by atoms with Crippen molar-refractivity contribution in [2.24, 2.45) is 23.7 Å². The van der Waals surface area contributed by atoms with Crippen molar-refractivity contribution in [3.05, 3.63) is 71.6 Å². The Morgan fingerprint density at radius 1 is 1.23 bits per heavy atom. The number of piperidine rings is 1. The Hall–Kier alpha value is -2.53. The molecular formula is C25H31N3O2. The van der Waals surface area contributed by atoms with E-state index in [1.54, 1.807) is 5.57 Å². The first-order chi connectivity index (χ1) is 14.6. The van der Waals surface area contributed by atoms with E-state index in [-0.39, 0.29) is 6.09 Å². The quantitative estimate of drug-likeness (QED) is 0.828. The van der Waals surface area contributed by atoms with Crippen LogP contribution in [0.1, 0.15) is 18.4 Å². The number of carbonyl (C=O) groups is 1. The second-order valence-electron chi connectivity index (χ2n) is 9.27. The first-order valence-corrected chi connectivity index (χ1v) is 11.1. The molecule has 2 aliphatic heterocycles. The minimum atomic E-state index is -0.322. The summed E-state index contributed by atoms with van der Waals surface area (Å²) in [5, 5.41) is 3.01. The van der Waals surface area contributed by atoms with Crippen LogP contribution < -0.4 is 5.32 Å². The molecule has 1 N–H and O–H groups in total. The van der Waals surface area contributed by atoms with Crippen LogP contribution in [0, 0.1) is 23.7 Å². The highest BCUT2D eigenvalue weighted by Crippen LogP contribution is 2.52. The summed E-state index contributed by atoms with van der Waals surface area (Å²) in [5.74, 6) is 2.20. The monoisotopic (exact) mass is 405 g/mol. The van der Waals surface area contributed by atoms with Crippen LogP contribution in [0.15, 0.2) is 66.0 Å². The molecule has 2 heterocycles. The zero-order valence-electron chi connectivity index (χ0n) is 17.8. The van der Waals surface area contributed by atoms with Gasteiger partial charge in [-0.05, 0) is 54.9 Å². The number of amides is 1. The van der Waals surface area contributed by atoms with Crippen LogP contribution in [0.5, 0.6) is 0 Å². The van der Waals surface area contributed by atoms with Gasteiger partial charge in [0, 0.05) is 44.0 Å². The SMILES string of the molecule is CN1C=C2C[C@@H]3[C@H](C[C@@H](CNC(=O)OCc4ccccc4)CN3C)C3C=CC=C1C23. The summed E-state index contributed by atoms with van der Waals surface area (Å²) in [6.45, 7) is 2.01. The Bertz CT molecular complexity index is 891. The number of benzene rings is 1. The third-order valence-corrected chi connectivity index (χ3v) is 7.37. The minimum Gasteiger partial charge on any atom is -0.445 e. The second-order valence-corrected chi connectivity index (χ2v) is 9.27. The minimum absolute atomic E-state index is 0.314. The van der Waals surface area contributed by atoms with E-state index in [9.17, 15) is 4.79 Å². The van der Waals surface area contributed by atoms with Crippen LogP contribution in [0.25, 0.3) is 0 Å². The Labute approximate surface area is 179 Å². The normalized spacial score (nSPS) is 32.1. The van der Waals surface area contributed by atoms with E-state index in [1.165, 1.54) is 5.70 Å². The lowest BCUT2D eigenvalue weighted by atomic mass is 9.61. The first-order valence-electron chi connectivity index (χ1n) is 11.1. The summed E-state index contributed by atoms with van der Waals surface area (Å²) in [4.78, 5) is 17.0. The molecule has 4 aliphatic rings. The number of allylic oxidation sites excluding steroid dienone is 4. The summed E-state index contributed by atoms with van der Waals surface area (Å²) in [6.07, 6.45) is 11.3. The third kappa shape index (κ3) is 3.56. The van der Waals surface area contributed by atoms with E-state index in [0.29, 0.717) is 42.9 Å². The molecule has 1 aromatic rings. The molecule has 2 fully saturated rings. The molecule has 1 saturated heterocycles. The smallest absolute Gasteiger partial charge is 0.407 e. The number of alkyl carbamates (subject to hydrolysis) is 1. The molecule has 1 amide bonds. The van der Waals surface area contributed by atoms with Gasteiger partial charge in [-0.3, -0.25) is 0 Å². The molecule has 2 aliphatic carbocycles. The van der Waals surface area contributed by atoms with E-state index in [2.05, 4.69) is 53.6 Å². The van der Waals surface area contributed by atoms with Crippen LogP contribution in [-0.2, 0) is 11.3 Å². The molecule has 2 unspecified atom stereocenters. The summed E-state index contributed by atoms with van der Waals surface area (Å²) < 4.78 is 5.39. The fourth-order valence-corrected chi connectivity index (χ4v) is 6.04. The molecule has 5 heteroatoms. The lowest BCUT2D eigenvalue weighted by Crippen LogP contribution is -2.54. The van der Waals surface area contributed by atoms with Gasteiger partial charge in [0.1, 0.15) is 6.61 Å². The molecule has 0 radical (unpaired) electrons. The molecule has 1 aromatic carbocycles. The highest BCUT2D eigenvalue weighted by atomic mass is 16.5. The van der Waals surface area contributed by atoms with Gasteiger partial charge < -0.3 is 19.9 Å². The highest BCUT2D eigenvalue weighted by molar-refractivity contribution is 5.67. The maximum atomic E-state index is 12.2. The number of ether oxygens (including phenoxy) is 1. The zero-order valence-corrected chi connectivity index (χ0v) is 17.8. The maximum Gasteiger partial charge on any atom is 0.407 e. The number of likely N-dealkylation sites (tertiary alicyclic amines) is 1. The van der Waals surface area contributed by atoms with E-state index in [4.69, 9.17) is 4.74 Å². The van der Waals surface area contributed by atoms with Crippen LogP contribution in [0.4, 0.5) is 4.79 Å². The van der Waals surface area contributed by atoms with Gasteiger partial charge in [-0.25, -0.2) is 4.79 Å². The number of carbonyl (C=O) groups excluding carboxylic acids is 1. The van der Waals surface area contributed by atoms with Gasteiger partial charge in [0.2, 0.25) is 0 Å². The summed E-state index contributed by atoms with van der Waals surface area (Å²) in [7, 11) is 4.43. The Balaban J connectivity index is 1.19. The fourth-order valence-electron chi connectivity index (χ4n) is 6.04. The lowest BCUT2D eigenvalue weighted by molar-refractivity contribution is 0.0296. The van der Waals surface area contributed by atoms with Crippen molar-refractivity contribution in [3.8, 4) is 0 Å². The van der Waals surface area contributed by atoms with Crippen molar-refractivity contribution < 1.29 is 9.53 Å². The van der Waals surface area contributed by atoms with Crippen molar-refractivity contribution in [2.75, 3.05) is 27.2 Å². The van der Waals surface area contributed by atoms with Crippen LogP contribution in [0.2, 0.25) is 0 Å². The number of hydrogen-bond acceptors (Lipinski definition) is 4. The van der Waals surface area contributed by atoms with Crippen LogP contribution >= 0.6 is 0 Å². The molecule has 5 nitrogen and oxygen atoms in total. The van der Waals surface area contributed by atoms with Gasteiger partial charge in [-0.2, -0.15) is 0 Å². The molecule has 5 atom stereocenters. The zero-order chi connectivity index (χ0) is 20.7. The molecule has 30 heavy (non-hydrogen) atoms. The average Bonchev–Trinajstić information content (AvgIpc) is 3.09. The van der Waals surface area contributed by atoms with Crippen LogP contribution in [0.3, 0.4) is 0 Å². The van der Waals surface area contributed by atoms with E-state index in [1.807, 2.05) is 30.3 Å². The van der Waals surface area contributed by atoms with Gasteiger partial charge in [0.05, 0.1) is 0 Å². The summed E-state index contributed by atoms with van der Waals surface area (Å²) in [5.41, 5.74) is 4.05. The predicted molar refractivity (Wildman–Crippen MR) is 117 cm³/mol. The Morgan fingerprint density at radius 3 is 2.90 bits per heavy atom. The first kappa shape index (κ1) is 19.4. The van der Waals surface area contributed by atoms with Crippen LogP contribution in [-0.4, -0.2) is 49.1 Å². The third-order valence-electron chi connectivity index (χ3n) is 7.37. The molecule has 5 rings (SSSR count). The molecule has 158 valence electrons. The topological polar surface area (TPSA) is 44.8 Å². The molecule has 0 aromatic heterocycles. The predicted octanol–water partition coefficient (Wildman–Crippen LogP) is 3.77. The van der Waals surface area contributed by atoms with Gasteiger partial charge in [0.25, 0.3) is 0 Å². The van der Waals surface area contributed by atoms with E-state index in [0.717, 1.165) is 24.9 Å². The van der Waals surface area contributed by atoms with E-state index < -0.39 is 0 Å². The lowest BCUT2D eigenvalue weighted by Gasteiger charge is -2.51. The highest BCUT2D eigenvalue weighted by Gasteiger charge is 2.49. The standard InChI is InChI=1S/C25H31N3O2/c1-27-14-18(13-26-25(29)30-16-17-7-4-3-5-8-17)11-21-20-9-6-10-22-24(20)19(12-23(21)27)15-28(22)2/h3-10,15,18,20-21,23-24H,11-14,16H2,1-2H3,(H,26,29)/t18-,20?,21+,23+,24?/m0/s1. The van der Waals surface area contributed by atoms with Gasteiger partial charge in [-0.15, -0.1) is 0 Å². The van der Waals surface area contributed by atoms with E-state index >= 15 is 0 Å². The van der Waals surface area contributed by atoms with Crippen molar-refractivity contribution in [2.45, 2.75) is 25.5 Å². The Morgan fingerprint density at radius 2 is 2.07 bits per heavy atom. The number of nitrogens with one attached hydrogen (secondary N) is 1. The fraction of sp³-hybridized carbons (Fsp3) is 0.480. The van der Waals surface area contributed by atoms with Crippen molar-refractivity contribution >= 4 is 6.09 Å². The molecular weight excluding hydrogens is 374 g/mol. The summed E-state index contributed by atoms with van der Waals surface area (Å²) >= 11 is 0. The number of nitrogens with zero attached hydrogens (tertiary/aromatic N) is 2. The second kappa shape index (κ2) is 7.95. The largest absolute Gasteiger partial charge is 0.445 e. The van der Waals surface area contributed by atoms with Crippen molar-refractivity contribution in [3.63, 3.8) is 0 Å². The van der Waals surface area contributed by atoms with Gasteiger partial charge in [-0.1, -0.05) is 42.5 Å². The maximum absolute atomic E-state index is 12.2. The molecule has 1 saturated carbocycles. The van der Waals surface area contributed by atoms with Gasteiger partial charge in [0.15, 0.2) is 0 Å². The Kier molecular flexibility index (Phi) is 5.15. The van der Waals surface area contributed by atoms with Crippen molar-refractivity contribution in [1.29, 1.82) is 0 Å². The molecule has 0 bridgehead atoms. The summed E-state index contributed by atoms with van der Waals surface area (Å²) in [6, 6.07) is 10.4. The van der Waals surface area contributed by atoms with Crippen molar-refractivity contribution in [1.82, 2.24) is 15.1 Å². The average molecular weight is 406 g/mol. The van der Waals surface area contributed by atoms with Gasteiger partial charge >= 0.3 is 6.09 Å². The number of hydrogen-bond donors (Lipinski definition) is 1.